The molecule has 0 atom stereocenters. The maximum Gasteiger partial charge on any atom is 0.271 e. The van der Waals surface area contributed by atoms with Crippen LogP contribution in [0.15, 0.2) is 0 Å². The Kier molecular flexibility index (Phi) is 3.80. The lowest BCUT2D eigenvalue weighted by molar-refractivity contribution is 0.00517. The first kappa shape index (κ1) is 13.9. The van der Waals surface area contributed by atoms with Crippen LogP contribution in [-0.4, -0.2) is 32.9 Å². The number of anilines is 1. The number of nitrogens with zero attached hydrogens (tertiary/aromatic N) is 2. The molecule has 0 bridgehead atoms. The molecule has 106 valence electrons. The van der Waals surface area contributed by atoms with Gasteiger partial charge in [-0.1, -0.05) is 19.3 Å². The van der Waals surface area contributed by atoms with E-state index in [-0.39, 0.29) is 12.5 Å². The number of amides is 1. The Labute approximate surface area is 113 Å². The fourth-order valence-electron chi connectivity index (χ4n) is 2.66. The van der Waals surface area contributed by atoms with Crippen LogP contribution in [0.3, 0.4) is 0 Å². The van der Waals surface area contributed by atoms with Crippen LogP contribution in [0.4, 0.5) is 5.69 Å². The molecule has 1 aromatic heterocycles. The molecule has 2 rings (SSSR count). The molecule has 1 aliphatic rings. The zero-order valence-corrected chi connectivity index (χ0v) is 11.6. The highest BCUT2D eigenvalue weighted by Crippen LogP contribution is 2.27. The molecule has 1 heterocycles. The molecule has 0 aliphatic heterocycles. The second-order valence-corrected chi connectivity index (χ2v) is 5.44. The van der Waals surface area contributed by atoms with Crippen molar-refractivity contribution in [2.75, 3.05) is 12.3 Å². The molecule has 1 aromatic rings. The number of carbonyl (C=O) groups is 1. The molecule has 4 N–H and O–H groups in total. The fourth-order valence-corrected chi connectivity index (χ4v) is 2.66. The van der Waals surface area contributed by atoms with E-state index in [4.69, 9.17) is 5.73 Å². The van der Waals surface area contributed by atoms with E-state index in [0.717, 1.165) is 32.1 Å². The molecule has 0 saturated heterocycles. The maximum absolute atomic E-state index is 12.1. The molecule has 0 spiro atoms. The van der Waals surface area contributed by atoms with Gasteiger partial charge in [-0.15, -0.1) is 0 Å². The molecule has 6 nitrogen and oxygen atoms in total. The van der Waals surface area contributed by atoms with E-state index in [9.17, 15) is 9.90 Å². The lowest BCUT2D eigenvalue weighted by atomic mass is 9.85. The van der Waals surface area contributed by atoms with Gasteiger partial charge in [0.05, 0.1) is 17.0 Å². The van der Waals surface area contributed by atoms with E-state index >= 15 is 0 Å². The largest absolute Gasteiger partial charge is 0.395 e. The van der Waals surface area contributed by atoms with Gasteiger partial charge in [0.2, 0.25) is 0 Å². The summed E-state index contributed by atoms with van der Waals surface area (Å²) in [5, 5.41) is 17.2. The van der Waals surface area contributed by atoms with Crippen LogP contribution in [0.25, 0.3) is 0 Å². The zero-order valence-electron chi connectivity index (χ0n) is 11.6. The first-order chi connectivity index (χ1) is 8.93. The molecule has 0 unspecified atom stereocenters. The highest BCUT2D eigenvalue weighted by molar-refractivity contribution is 5.97. The first-order valence-corrected chi connectivity index (χ1v) is 6.73. The standard InChI is InChI=1S/C13H22N4O2/c1-9-10(14)11(17(2)16-9)12(18)15-8-13(19)6-4-3-5-7-13/h19H,3-8,14H2,1-2H3,(H,15,18). The van der Waals surface area contributed by atoms with Gasteiger partial charge in [0.15, 0.2) is 0 Å². The Bertz CT molecular complexity index is 475. The van der Waals surface area contributed by atoms with Crippen molar-refractivity contribution >= 4 is 11.6 Å². The average Bonchev–Trinajstić information content (AvgIpc) is 2.62. The average molecular weight is 266 g/mol. The van der Waals surface area contributed by atoms with Gasteiger partial charge in [-0.25, -0.2) is 0 Å². The first-order valence-electron chi connectivity index (χ1n) is 6.73. The van der Waals surface area contributed by atoms with Gasteiger partial charge in [0.25, 0.3) is 5.91 Å². The molecule has 0 radical (unpaired) electrons. The minimum atomic E-state index is -0.768. The normalized spacial score (nSPS) is 18.3. The van der Waals surface area contributed by atoms with Crippen LogP contribution in [-0.2, 0) is 7.05 Å². The number of nitrogen functional groups attached to an aromatic ring is 1. The lowest BCUT2D eigenvalue weighted by Crippen LogP contribution is -2.44. The Morgan fingerprint density at radius 2 is 2.11 bits per heavy atom. The summed E-state index contributed by atoms with van der Waals surface area (Å²) in [4.78, 5) is 12.1. The van der Waals surface area contributed by atoms with Gasteiger partial charge >= 0.3 is 0 Å². The number of nitrogens with one attached hydrogen (secondary N) is 1. The summed E-state index contributed by atoms with van der Waals surface area (Å²) in [5.41, 5.74) is 6.47. The quantitative estimate of drug-likeness (QED) is 0.752. The van der Waals surface area contributed by atoms with E-state index in [1.165, 1.54) is 4.68 Å². The van der Waals surface area contributed by atoms with E-state index in [0.29, 0.717) is 17.1 Å². The van der Waals surface area contributed by atoms with Crippen LogP contribution in [0, 0.1) is 6.92 Å². The second-order valence-electron chi connectivity index (χ2n) is 5.44. The van der Waals surface area contributed by atoms with Crippen LogP contribution in [0.5, 0.6) is 0 Å². The van der Waals surface area contributed by atoms with Crippen molar-refractivity contribution in [1.82, 2.24) is 15.1 Å². The zero-order chi connectivity index (χ0) is 14.0. The van der Waals surface area contributed by atoms with E-state index in [1.54, 1.807) is 14.0 Å². The molecule has 0 aromatic carbocycles. The molecule has 1 saturated carbocycles. The summed E-state index contributed by atoms with van der Waals surface area (Å²) in [6, 6.07) is 0. The summed E-state index contributed by atoms with van der Waals surface area (Å²) >= 11 is 0. The molecule has 1 aliphatic carbocycles. The summed E-state index contributed by atoms with van der Waals surface area (Å²) in [5.74, 6) is -0.278. The maximum atomic E-state index is 12.1. The number of rotatable bonds is 3. The van der Waals surface area contributed by atoms with Gasteiger partial charge in [0.1, 0.15) is 5.69 Å². The highest BCUT2D eigenvalue weighted by atomic mass is 16.3. The topological polar surface area (TPSA) is 93.2 Å². The van der Waals surface area contributed by atoms with Crippen molar-refractivity contribution in [2.24, 2.45) is 7.05 Å². The Hall–Kier alpha value is -1.56. The highest BCUT2D eigenvalue weighted by Gasteiger charge is 2.30. The Morgan fingerprint density at radius 1 is 1.47 bits per heavy atom. The van der Waals surface area contributed by atoms with Crippen LogP contribution in [0.2, 0.25) is 0 Å². The SMILES string of the molecule is Cc1nn(C)c(C(=O)NCC2(O)CCCCC2)c1N. The monoisotopic (exact) mass is 266 g/mol. The smallest absolute Gasteiger partial charge is 0.271 e. The summed E-state index contributed by atoms with van der Waals surface area (Å²) in [7, 11) is 1.69. The van der Waals surface area contributed by atoms with Crippen molar-refractivity contribution < 1.29 is 9.90 Å². The van der Waals surface area contributed by atoms with Gasteiger partial charge in [0, 0.05) is 13.6 Å². The number of carbonyl (C=O) groups excluding carboxylic acids is 1. The summed E-state index contributed by atoms with van der Waals surface area (Å²) in [6.07, 6.45) is 4.67. The summed E-state index contributed by atoms with van der Waals surface area (Å²) < 4.78 is 1.48. The number of aryl methyl sites for hydroxylation is 2. The third kappa shape index (κ3) is 2.89. The number of hydrogen-bond donors (Lipinski definition) is 3. The second kappa shape index (κ2) is 5.21. The summed E-state index contributed by atoms with van der Waals surface area (Å²) in [6.45, 7) is 2.04. The lowest BCUT2D eigenvalue weighted by Gasteiger charge is -2.32. The van der Waals surface area contributed by atoms with Crippen molar-refractivity contribution in [3.63, 3.8) is 0 Å². The Morgan fingerprint density at radius 3 is 2.63 bits per heavy atom. The van der Waals surface area contributed by atoms with Crippen LogP contribution >= 0.6 is 0 Å². The molecular formula is C13H22N4O2. The Balaban J connectivity index is 2.01. The molecule has 1 fully saturated rings. The predicted molar refractivity (Wildman–Crippen MR) is 72.7 cm³/mol. The third-order valence-electron chi connectivity index (χ3n) is 3.85. The van der Waals surface area contributed by atoms with Crippen molar-refractivity contribution in [1.29, 1.82) is 0 Å². The van der Waals surface area contributed by atoms with E-state index in [2.05, 4.69) is 10.4 Å². The minimum Gasteiger partial charge on any atom is -0.395 e. The van der Waals surface area contributed by atoms with Gasteiger partial charge in [-0.2, -0.15) is 5.10 Å². The number of aliphatic hydroxyl groups is 1. The molecular weight excluding hydrogens is 244 g/mol. The van der Waals surface area contributed by atoms with Gasteiger partial charge < -0.3 is 16.2 Å². The van der Waals surface area contributed by atoms with Crippen molar-refractivity contribution in [3.05, 3.63) is 11.4 Å². The fraction of sp³-hybridized carbons (Fsp3) is 0.692. The molecule has 6 heteroatoms. The number of hydrogen-bond acceptors (Lipinski definition) is 4. The van der Waals surface area contributed by atoms with E-state index < -0.39 is 5.60 Å². The number of nitrogens with two attached hydrogens (primary N) is 1. The predicted octanol–water partition coefficient (Wildman–Crippen LogP) is 0.736. The van der Waals surface area contributed by atoms with Crippen molar-refractivity contribution in [2.45, 2.75) is 44.6 Å². The number of aromatic nitrogens is 2. The third-order valence-corrected chi connectivity index (χ3v) is 3.85. The molecule has 1 amide bonds. The van der Waals surface area contributed by atoms with Crippen molar-refractivity contribution in [3.8, 4) is 0 Å². The van der Waals surface area contributed by atoms with Gasteiger partial charge in [-0.05, 0) is 19.8 Å². The minimum absolute atomic E-state index is 0.273. The van der Waals surface area contributed by atoms with Crippen LogP contribution < -0.4 is 11.1 Å². The van der Waals surface area contributed by atoms with E-state index in [1.807, 2.05) is 0 Å². The van der Waals surface area contributed by atoms with Crippen LogP contribution in [0.1, 0.15) is 48.3 Å². The van der Waals surface area contributed by atoms with Gasteiger partial charge in [-0.3, -0.25) is 9.48 Å². The molecule has 19 heavy (non-hydrogen) atoms.